The van der Waals surface area contributed by atoms with Crippen LogP contribution in [0.5, 0.6) is 0 Å². The highest BCUT2D eigenvalue weighted by Crippen LogP contribution is 2.42. The number of nitrogens with two attached hydrogens (primary N) is 2. The summed E-state index contributed by atoms with van der Waals surface area (Å²) in [5, 5.41) is 12.1. The third kappa shape index (κ3) is 4.09. The summed E-state index contributed by atoms with van der Waals surface area (Å²) in [4.78, 5) is 32.6. The van der Waals surface area contributed by atoms with Gasteiger partial charge in [-0.2, -0.15) is 23.5 Å². The van der Waals surface area contributed by atoms with Crippen LogP contribution in [-0.2, 0) is 12.7 Å². The molecule has 1 aromatic carbocycles. The molecule has 0 atom stereocenters. The molecule has 0 saturated heterocycles. The van der Waals surface area contributed by atoms with Crippen molar-refractivity contribution in [2.45, 2.75) is 19.6 Å². The summed E-state index contributed by atoms with van der Waals surface area (Å²) in [5.41, 5.74) is 6.93. The molecule has 0 aliphatic heterocycles. The molecule has 3 aromatic heterocycles. The Labute approximate surface area is 200 Å². The highest BCUT2D eigenvalue weighted by Gasteiger charge is 2.41. The molecule has 36 heavy (non-hydrogen) atoms. The lowest BCUT2D eigenvalue weighted by atomic mass is 9.91. The van der Waals surface area contributed by atoms with Crippen molar-refractivity contribution < 1.29 is 27.2 Å². The zero-order valence-corrected chi connectivity index (χ0v) is 18.4. The number of nitriles is 1. The van der Waals surface area contributed by atoms with Crippen LogP contribution in [0.4, 0.5) is 17.6 Å². The molecule has 0 radical (unpaired) electrons. The number of aromatic nitrogens is 4. The summed E-state index contributed by atoms with van der Waals surface area (Å²) in [5.74, 6) is -3.52. The number of benzene rings is 1. The first-order valence-corrected chi connectivity index (χ1v) is 10.2. The van der Waals surface area contributed by atoms with Crippen molar-refractivity contribution in [3.63, 3.8) is 0 Å². The number of nitrogens with zero attached hydrogens (tertiary/aromatic N) is 5. The molecule has 4 N–H and O–H groups in total. The average Bonchev–Trinajstić information content (AvgIpc) is 3.14. The molecule has 0 fully saturated rings. The molecule has 3 heterocycles. The molecule has 0 spiro atoms. The van der Waals surface area contributed by atoms with Gasteiger partial charge in [0.05, 0.1) is 17.6 Å². The predicted molar refractivity (Wildman–Crippen MR) is 118 cm³/mol. The monoisotopic (exact) mass is 497 g/mol. The summed E-state index contributed by atoms with van der Waals surface area (Å²) in [7, 11) is 0. The molecule has 0 saturated carbocycles. The topological polar surface area (TPSA) is 154 Å². The van der Waals surface area contributed by atoms with E-state index in [9.17, 15) is 27.2 Å². The smallest absolute Gasteiger partial charge is 0.366 e. The fourth-order valence-electron chi connectivity index (χ4n) is 3.90. The van der Waals surface area contributed by atoms with Crippen LogP contribution in [0.25, 0.3) is 22.0 Å². The van der Waals surface area contributed by atoms with Crippen LogP contribution in [-0.4, -0.2) is 31.6 Å². The van der Waals surface area contributed by atoms with Crippen LogP contribution in [0.15, 0.2) is 36.5 Å². The number of carbonyl (C=O) groups is 2. The van der Waals surface area contributed by atoms with Gasteiger partial charge in [0, 0.05) is 28.4 Å². The maximum absolute atomic E-state index is 14.8. The van der Waals surface area contributed by atoms with Crippen LogP contribution in [0.3, 0.4) is 0 Å². The highest BCUT2D eigenvalue weighted by molar-refractivity contribution is 6.15. The number of amides is 2. The number of pyridine rings is 2. The number of hydrogen-bond donors (Lipinski definition) is 2. The van der Waals surface area contributed by atoms with Crippen molar-refractivity contribution >= 4 is 22.7 Å². The lowest BCUT2D eigenvalue weighted by molar-refractivity contribution is -0.141. The normalized spacial score (nSPS) is 11.4. The van der Waals surface area contributed by atoms with Crippen LogP contribution >= 0.6 is 0 Å². The van der Waals surface area contributed by atoms with Crippen LogP contribution in [0.1, 0.15) is 43.5 Å². The average molecular weight is 497 g/mol. The minimum Gasteiger partial charge on any atom is -0.366 e. The van der Waals surface area contributed by atoms with Gasteiger partial charge in [-0.25, -0.2) is 14.4 Å². The Balaban J connectivity index is 2.09. The molecule has 0 unspecified atom stereocenters. The highest BCUT2D eigenvalue weighted by atomic mass is 19.4. The third-order valence-electron chi connectivity index (χ3n) is 5.44. The number of primary amides is 2. The van der Waals surface area contributed by atoms with Crippen molar-refractivity contribution in [2.24, 2.45) is 11.5 Å². The Hall–Kier alpha value is -4.86. The van der Waals surface area contributed by atoms with Gasteiger partial charge in [-0.05, 0) is 30.7 Å². The van der Waals surface area contributed by atoms with Crippen molar-refractivity contribution in [1.82, 2.24) is 19.7 Å². The SMILES string of the molecule is Cc1c(-c2c(C(N)=O)nc3cccc(F)c3c2C(N)=O)c(C(F)(F)F)nn1Cc1ccc(C#N)nc1. The molecule has 4 rings (SSSR count). The first-order chi connectivity index (χ1) is 16.9. The number of carbonyl (C=O) groups excluding carboxylic acids is 2. The van der Waals surface area contributed by atoms with Crippen LogP contribution < -0.4 is 11.5 Å². The van der Waals surface area contributed by atoms with Crippen molar-refractivity contribution in [2.75, 3.05) is 0 Å². The van der Waals surface area contributed by atoms with E-state index in [4.69, 9.17) is 16.7 Å². The molecule has 182 valence electrons. The van der Waals surface area contributed by atoms with Crippen molar-refractivity contribution in [3.05, 3.63) is 76.2 Å². The van der Waals surface area contributed by atoms with Gasteiger partial charge in [0.15, 0.2) is 5.69 Å². The Morgan fingerprint density at radius 1 is 1.11 bits per heavy atom. The molecule has 4 aromatic rings. The second-order valence-electron chi connectivity index (χ2n) is 7.70. The molecule has 0 aliphatic rings. The number of halogens is 4. The largest absolute Gasteiger partial charge is 0.435 e. The standard InChI is InChI=1S/C23H15F4N7O2/c1-10-15(20(23(25,26)27)33-34(10)9-11-5-6-12(7-28)31-8-11)17-18(21(29)35)16-13(24)3-2-4-14(16)32-19(17)22(30)36/h2-6,8H,9H2,1H3,(H2,29,35)(H2,30,36). The van der Waals surface area contributed by atoms with E-state index in [1.54, 1.807) is 0 Å². The van der Waals surface area contributed by atoms with E-state index in [1.807, 2.05) is 6.07 Å². The fraction of sp³-hybridized carbons (Fsp3) is 0.130. The maximum Gasteiger partial charge on any atom is 0.435 e. The van der Waals surface area contributed by atoms with Gasteiger partial charge in [0.1, 0.15) is 23.3 Å². The summed E-state index contributed by atoms with van der Waals surface area (Å²) in [6.45, 7) is 1.07. The third-order valence-corrected chi connectivity index (χ3v) is 5.44. The Morgan fingerprint density at radius 2 is 1.83 bits per heavy atom. The van der Waals surface area contributed by atoms with E-state index < -0.39 is 57.3 Å². The number of rotatable bonds is 5. The first-order valence-electron chi connectivity index (χ1n) is 10.2. The fourth-order valence-corrected chi connectivity index (χ4v) is 3.90. The summed E-state index contributed by atoms with van der Waals surface area (Å²) < 4.78 is 58.3. The van der Waals surface area contributed by atoms with Gasteiger partial charge in [-0.3, -0.25) is 14.3 Å². The molecule has 0 aliphatic carbocycles. The minimum atomic E-state index is -5.05. The first kappa shape index (κ1) is 24.3. The maximum atomic E-state index is 14.8. The van der Waals surface area contributed by atoms with Gasteiger partial charge >= 0.3 is 6.18 Å². The Morgan fingerprint density at radius 3 is 2.39 bits per heavy atom. The summed E-state index contributed by atoms with van der Waals surface area (Å²) >= 11 is 0. The van der Waals surface area contributed by atoms with E-state index in [1.165, 1.54) is 37.4 Å². The molecule has 2 amide bonds. The van der Waals surface area contributed by atoms with Crippen LogP contribution in [0, 0.1) is 24.1 Å². The van der Waals surface area contributed by atoms with E-state index in [2.05, 4.69) is 15.1 Å². The zero-order chi connectivity index (χ0) is 26.4. The van der Waals surface area contributed by atoms with E-state index in [0.717, 1.165) is 10.7 Å². The number of alkyl halides is 3. The molecular formula is C23H15F4N7O2. The molecule has 9 nitrogen and oxygen atoms in total. The second kappa shape index (κ2) is 8.73. The quantitative estimate of drug-likeness (QED) is 0.404. The van der Waals surface area contributed by atoms with Crippen molar-refractivity contribution in [3.8, 4) is 17.2 Å². The Kier molecular flexibility index (Phi) is 5.89. The summed E-state index contributed by atoms with van der Waals surface area (Å²) in [6, 6.07) is 8.18. The summed E-state index contributed by atoms with van der Waals surface area (Å²) in [6.07, 6.45) is -3.76. The van der Waals surface area contributed by atoms with Gasteiger partial charge in [-0.15, -0.1) is 0 Å². The van der Waals surface area contributed by atoms with E-state index in [0.29, 0.717) is 5.56 Å². The van der Waals surface area contributed by atoms with Gasteiger partial charge in [-0.1, -0.05) is 12.1 Å². The van der Waals surface area contributed by atoms with Crippen LogP contribution in [0.2, 0.25) is 0 Å². The number of hydrogen-bond acceptors (Lipinski definition) is 6. The number of fused-ring (bicyclic) bond motifs is 1. The Bertz CT molecular complexity index is 1590. The van der Waals surface area contributed by atoms with Gasteiger partial charge in [0.25, 0.3) is 5.91 Å². The molecule has 13 heteroatoms. The zero-order valence-electron chi connectivity index (χ0n) is 18.4. The van der Waals surface area contributed by atoms with E-state index in [-0.39, 0.29) is 23.4 Å². The lowest BCUT2D eigenvalue weighted by Crippen LogP contribution is -2.22. The van der Waals surface area contributed by atoms with Gasteiger partial charge < -0.3 is 11.5 Å². The molecular weight excluding hydrogens is 482 g/mol. The minimum absolute atomic E-state index is 0.106. The second-order valence-corrected chi connectivity index (χ2v) is 7.70. The van der Waals surface area contributed by atoms with Crippen molar-refractivity contribution in [1.29, 1.82) is 5.26 Å². The van der Waals surface area contributed by atoms with Gasteiger partial charge in [0.2, 0.25) is 5.91 Å². The predicted octanol–water partition coefficient (Wildman–Crippen LogP) is 3.08. The van der Waals surface area contributed by atoms with E-state index >= 15 is 0 Å². The molecule has 0 bridgehead atoms. The lowest BCUT2D eigenvalue weighted by Gasteiger charge is -2.16.